The van der Waals surface area contributed by atoms with Gasteiger partial charge in [0.1, 0.15) is 0 Å². The molecule has 0 saturated heterocycles. The van der Waals surface area contributed by atoms with E-state index in [9.17, 15) is 4.39 Å². The Morgan fingerprint density at radius 1 is 1.70 bits per heavy atom. The molecule has 0 aliphatic heterocycles. The monoisotopic (exact) mass is 203 g/mol. The van der Waals surface area contributed by atoms with Gasteiger partial charge in [-0.3, -0.25) is 0 Å². The second-order valence-corrected chi connectivity index (χ2v) is 2.77. The van der Waals surface area contributed by atoms with Crippen molar-refractivity contribution in [3.63, 3.8) is 0 Å². The van der Waals surface area contributed by atoms with Crippen molar-refractivity contribution in [1.29, 1.82) is 0 Å². The van der Waals surface area contributed by atoms with Crippen molar-refractivity contribution >= 4 is 15.9 Å². The van der Waals surface area contributed by atoms with E-state index in [1.54, 1.807) is 6.07 Å². The largest absolute Gasteiger partial charge is 0.228 e. The van der Waals surface area contributed by atoms with E-state index in [0.717, 1.165) is 4.47 Å². The Hall–Kier alpha value is -0.440. The summed E-state index contributed by atoms with van der Waals surface area (Å²) in [6.45, 7) is 1.89. The molecule has 0 unspecified atom stereocenters. The van der Waals surface area contributed by atoms with Crippen LogP contribution in [0.25, 0.3) is 0 Å². The van der Waals surface area contributed by atoms with Gasteiger partial charge in [-0.15, -0.1) is 0 Å². The van der Waals surface area contributed by atoms with Crippen molar-refractivity contribution in [3.8, 4) is 0 Å². The summed E-state index contributed by atoms with van der Waals surface area (Å²) >= 11 is 3.23. The first-order valence-electron chi connectivity index (χ1n) is 3.04. The van der Waals surface area contributed by atoms with Crippen molar-refractivity contribution in [2.45, 2.75) is 13.3 Å². The lowest BCUT2D eigenvalue weighted by atomic mass is 10.2. The lowest BCUT2D eigenvalue weighted by Gasteiger charge is -1.99. The Labute approximate surface area is 67.4 Å². The van der Waals surface area contributed by atoms with Gasteiger partial charge < -0.3 is 0 Å². The van der Waals surface area contributed by atoms with E-state index in [2.05, 4.69) is 20.9 Å². The molecule has 3 heteroatoms. The van der Waals surface area contributed by atoms with Crippen LogP contribution >= 0.6 is 15.9 Å². The summed E-state index contributed by atoms with van der Waals surface area (Å²) in [5.41, 5.74) is 0.641. The molecule has 1 nitrogen and oxygen atoms in total. The standard InChI is InChI=1S/C7H7BrFN/c1-2-5-6(8)3-4-10-7(5)9/h3-4H,2H2,1H3. The second-order valence-electron chi connectivity index (χ2n) is 1.92. The molecule has 54 valence electrons. The average molecular weight is 204 g/mol. The molecule has 0 N–H and O–H groups in total. The van der Waals surface area contributed by atoms with E-state index in [-0.39, 0.29) is 5.95 Å². The predicted molar refractivity (Wildman–Crippen MR) is 41.3 cm³/mol. The molecule has 0 bridgehead atoms. The molecule has 0 spiro atoms. The molecule has 0 radical (unpaired) electrons. The maximum absolute atomic E-state index is 12.7. The van der Waals surface area contributed by atoms with Gasteiger partial charge in [0.2, 0.25) is 5.95 Å². The Kier molecular flexibility index (Phi) is 2.38. The average Bonchev–Trinajstić information content (AvgIpc) is 1.88. The SMILES string of the molecule is CCc1c(Br)ccnc1F. The molecule has 0 aromatic carbocycles. The van der Waals surface area contributed by atoms with Gasteiger partial charge in [-0.1, -0.05) is 22.9 Å². The normalized spacial score (nSPS) is 9.90. The van der Waals surface area contributed by atoms with Gasteiger partial charge in [0.05, 0.1) is 0 Å². The van der Waals surface area contributed by atoms with Crippen molar-refractivity contribution in [2.75, 3.05) is 0 Å². The highest BCUT2D eigenvalue weighted by molar-refractivity contribution is 9.10. The van der Waals surface area contributed by atoms with E-state index in [1.807, 2.05) is 6.92 Å². The lowest BCUT2D eigenvalue weighted by molar-refractivity contribution is 0.567. The van der Waals surface area contributed by atoms with E-state index >= 15 is 0 Å². The topological polar surface area (TPSA) is 12.9 Å². The summed E-state index contributed by atoms with van der Waals surface area (Å²) in [4.78, 5) is 3.51. The zero-order valence-corrected chi connectivity index (χ0v) is 7.15. The fourth-order valence-electron chi connectivity index (χ4n) is 0.760. The minimum Gasteiger partial charge on any atom is -0.228 e. The van der Waals surface area contributed by atoms with Gasteiger partial charge in [0.15, 0.2) is 0 Å². The first kappa shape index (κ1) is 7.66. The maximum atomic E-state index is 12.7. The number of aromatic nitrogens is 1. The van der Waals surface area contributed by atoms with Gasteiger partial charge in [-0.05, 0) is 12.5 Å². The molecule has 1 heterocycles. The molecule has 0 fully saturated rings. The number of halogens is 2. The third kappa shape index (κ3) is 1.34. The molecule has 0 aliphatic rings. The second kappa shape index (κ2) is 3.10. The van der Waals surface area contributed by atoms with Crippen LogP contribution in [0.15, 0.2) is 16.7 Å². The number of hydrogen-bond acceptors (Lipinski definition) is 1. The molecular formula is C7H7BrFN. The Balaban J connectivity index is 3.17. The highest BCUT2D eigenvalue weighted by Gasteiger charge is 2.03. The first-order chi connectivity index (χ1) is 4.75. The van der Waals surface area contributed by atoms with Crippen LogP contribution in [0.2, 0.25) is 0 Å². The van der Waals surface area contributed by atoms with Gasteiger partial charge in [-0.2, -0.15) is 4.39 Å². The van der Waals surface area contributed by atoms with Crippen LogP contribution in [0.5, 0.6) is 0 Å². The van der Waals surface area contributed by atoms with Gasteiger partial charge in [-0.25, -0.2) is 4.98 Å². The quantitative estimate of drug-likeness (QED) is 0.640. The molecule has 0 aliphatic carbocycles. The third-order valence-electron chi connectivity index (χ3n) is 1.30. The Morgan fingerprint density at radius 3 is 2.80 bits per heavy atom. The number of pyridine rings is 1. The van der Waals surface area contributed by atoms with Crippen LogP contribution in [0.4, 0.5) is 4.39 Å². The summed E-state index contributed by atoms with van der Waals surface area (Å²) < 4.78 is 13.5. The van der Waals surface area contributed by atoms with E-state index in [0.29, 0.717) is 12.0 Å². The molecule has 0 atom stereocenters. The van der Waals surface area contributed by atoms with Crippen molar-refractivity contribution in [3.05, 3.63) is 28.2 Å². The summed E-state index contributed by atoms with van der Waals surface area (Å²) in [5, 5.41) is 0. The highest BCUT2D eigenvalue weighted by atomic mass is 79.9. The Bertz CT molecular complexity index is 217. The van der Waals surface area contributed by atoms with E-state index in [4.69, 9.17) is 0 Å². The summed E-state index contributed by atoms with van der Waals surface area (Å²) in [5.74, 6) is -0.378. The molecular weight excluding hydrogens is 197 g/mol. The number of rotatable bonds is 1. The van der Waals surface area contributed by atoms with Gasteiger partial charge in [0.25, 0.3) is 0 Å². The predicted octanol–water partition coefficient (Wildman–Crippen LogP) is 2.55. The van der Waals surface area contributed by atoms with Crippen molar-refractivity contribution in [2.24, 2.45) is 0 Å². The summed E-state index contributed by atoms with van der Waals surface area (Å²) in [6.07, 6.45) is 2.11. The van der Waals surface area contributed by atoms with Crippen LogP contribution in [0, 0.1) is 5.95 Å². The van der Waals surface area contributed by atoms with Gasteiger partial charge >= 0.3 is 0 Å². The van der Waals surface area contributed by atoms with Crippen molar-refractivity contribution < 1.29 is 4.39 Å². The molecule has 1 aromatic heterocycles. The van der Waals surface area contributed by atoms with E-state index < -0.39 is 0 Å². The van der Waals surface area contributed by atoms with Crippen LogP contribution in [-0.2, 0) is 6.42 Å². The minimum atomic E-state index is -0.378. The van der Waals surface area contributed by atoms with Crippen LogP contribution in [-0.4, -0.2) is 4.98 Å². The van der Waals surface area contributed by atoms with Crippen LogP contribution in [0.1, 0.15) is 12.5 Å². The highest BCUT2D eigenvalue weighted by Crippen LogP contribution is 2.17. The zero-order chi connectivity index (χ0) is 7.56. The molecule has 0 saturated carbocycles. The minimum absolute atomic E-state index is 0.378. The fraction of sp³-hybridized carbons (Fsp3) is 0.286. The smallest absolute Gasteiger partial charge is 0.217 e. The lowest BCUT2D eigenvalue weighted by Crippen LogP contribution is -1.91. The van der Waals surface area contributed by atoms with Gasteiger partial charge in [0, 0.05) is 16.2 Å². The molecule has 1 rings (SSSR count). The maximum Gasteiger partial charge on any atom is 0.217 e. The van der Waals surface area contributed by atoms with Crippen molar-refractivity contribution in [1.82, 2.24) is 4.98 Å². The fourth-order valence-corrected chi connectivity index (χ4v) is 1.32. The molecule has 0 amide bonds. The molecule has 1 aromatic rings. The van der Waals surface area contributed by atoms with E-state index in [1.165, 1.54) is 6.20 Å². The van der Waals surface area contributed by atoms with Crippen LogP contribution in [0.3, 0.4) is 0 Å². The first-order valence-corrected chi connectivity index (χ1v) is 3.84. The van der Waals surface area contributed by atoms with Crippen LogP contribution < -0.4 is 0 Å². The number of nitrogens with zero attached hydrogens (tertiary/aromatic N) is 1. The Morgan fingerprint density at radius 2 is 2.40 bits per heavy atom. The number of hydrogen-bond donors (Lipinski definition) is 0. The third-order valence-corrected chi connectivity index (χ3v) is 2.04. The zero-order valence-electron chi connectivity index (χ0n) is 5.56. The molecule has 10 heavy (non-hydrogen) atoms. The summed E-state index contributed by atoms with van der Waals surface area (Å²) in [6, 6.07) is 1.74. The summed E-state index contributed by atoms with van der Waals surface area (Å²) in [7, 11) is 0.